The Labute approximate surface area is 255 Å². The van der Waals surface area contributed by atoms with Gasteiger partial charge in [-0.25, -0.2) is 8.42 Å². The van der Waals surface area contributed by atoms with E-state index in [-0.39, 0.29) is 0 Å². The predicted octanol–water partition coefficient (Wildman–Crippen LogP) is 9.04. The molecule has 7 aromatic rings. The SMILES string of the molecule is Cc1cc(C)cc(-n2c3ccccc3c3c4c(ccc32)C2(c3ccccc3Oc3ccccc32)c2ccccc2S4(=O)=O)c1. The summed E-state index contributed by atoms with van der Waals surface area (Å²) in [5.41, 5.74) is 7.60. The van der Waals surface area contributed by atoms with Crippen LogP contribution in [-0.4, -0.2) is 13.0 Å². The first-order valence-corrected chi connectivity index (χ1v) is 16.3. The molecule has 6 aromatic carbocycles. The van der Waals surface area contributed by atoms with Crippen LogP contribution in [0.5, 0.6) is 11.5 Å². The van der Waals surface area contributed by atoms with Gasteiger partial charge in [-0.2, -0.15) is 0 Å². The van der Waals surface area contributed by atoms with Gasteiger partial charge < -0.3 is 9.30 Å². The van der Waals surface area contributed by atoms with Crippen LogP contribution in [0.2, 0.25) is 0 Å². The Kier molecular flexibility index (Phi) is 5.02. The summed E-state index contributed by atoms with van der Waals surface area (Å²) in [6.07, 6.45) is 0. The van der Waals surface area contributed by atoms with Gasteiger partial charge in [0.1, 0.15) is 11.5 Å². The molecule has 0 unspecified atom stereocenters. The van der Waals surface area contributed by atoms with E-state index in [9.17, 15) is 0 Å². The van der Waals surface area contributed by atoms with E-state index >= 15 is 8.42 Å². The maximum atomic E-state index is 15.0. The van der Waals surface area contributed by atoms with Crippen LogP contribution in [0.1, 0.15) is 33.4 Å². The largest absolute Gasteiger partial charge is 0.457 e. The average molecular weight is 590 g/mol. The van der Waals surface area contributed by atoms with E-state index < -0.39 is 15.3 Å². The molecule has 0 saturated heterocycles. The van der Waals surface area contributed by atoms with Crippen molar-refractivity contribution in [1.29, 1.82) is 0 Å². The van der Waals surface area contributed by atoms with Gasteiger partial charge in [0.2, 0.25) is 9.84 Å². The van der Waals surface area contributed by atoms with Crippen LogP contribution in [0.25, 0.3) is 27.5 Å². The van der Waals surface area contributed by atoms with Gasteiger partial charge in [0.05, 0.1) is 26.2 Å². The summed E-state index contributed by atoms with van der Waals surface area (Å²) in [7, 11) is -3.94. The maximum Gasteiger partial charge on any atom is 0.207 e. The van der Waals surface area contributed by atoms with Crippen LogP contribution in [0, 0.1) is 13.8 Å². The molecule has 212 valence electrons. The van der Waals surface area contributed by atoms with E-state index in [1.165, 1.54) is 0 Å². The quantitative estimate of drug-likeness (QED) is 0.192. The Morgan fingerprint density at radius 2 is 1.18 bits per heavy atom. The summed E-state index contributed by atoms with van der Waals surface area (Å²) in [6, 6.07) is 42.3. The van der Waals surface area contributed by atoms with Crippen LogP contribution in [0.4, 0.5) is 0 Å². The first kappa shape index (κ1) is 25.4. The van der Waals surface area contributed by atoms with E-state index in [1.807, 2.05) is 78.9 Å². The molecule has 0 N–H and O–H groups in total. The normalized spacial score (nSPS) is 15.3. The van der Waals surface area contributed by atoms with Crippen LogP contribution in [0.15, 0.2) is 137 Å². The van der Waals surface area contributed by atoms with Gasteiger partial charge in [0.25, 0.3) is 0 Å². The summed E-state index contributed by atoms with van der Waals surface area (Å²) in [6.45, 7) is 4.19. The molecule has 0 atom stereocenters. The van der Waals surface area contributed by atoms with Crippen molar-refractivity contribution >= 4 is 31.6 Å². The fourth-order valence-corrected chi connectivity index (χ4v) is 9.78. The lowest BCUT2D eigenvalue weighted by Gasteiger charge is -2.45. The zero-order valence-corrected chi connectivity index (χ0v) is 25.0. The van der Waals surface area contributed by atoms with Crippen molar-refractivity contribution in [2.24, 2.45) is 0 Å². The van der Waals surface area contributed by atoms with E-state index in [0.717, 1.165) is 72.4 Å². The molecule has 0 aliphatic carbocycles. The highest BCUT2D eigenvalue weighted by Crippen LogP contribution is 2.61. The first-order chi connectivity index (χ1) is 21.4. The monoisotopic (exact) mass is 589 g/mol. The third kappa shape index (κ3) is 3.09. The Morgan fingerprint density at radius 1 is 0.591 bits per heavy atom. The average Bonchev–Trinajstić information content (AvgIpc) is 3.37. The van der Waals surface area contributed by atoms with Gasteiger partial charge in [-0.05, 0) is 78.6 Å². The Bertz CT molecular complexity index is 2400. The molecular formula is C39H27NO3S. The Morgan fingerprint density at radius 3 is 1.89 bits per heavy atom. The summed E-state index contributed by atoms with van der Waals surface area (Å²) in [5, 5.41) is 1.65. The van der Waals surface area contributed by atoms with Gasteiger partial charge >= 0.3 is 0 Å². The summed E-state index contributed by atoms with van der Waals surface area (Å²) in [5.74, 6) is 1.45. The third-order valence-corrected chi connectivity index (χ3v) is 11.2. The van der Waals surface area contributed by atoms with E-state index in [4.69, 9.17) is 4.74 Å². The number of nitrogens with zero attached hydrogens (tertiary/aromatic N) is 1. The van der Waals surface area contributed by atoms with Crippen LogP contribution >= 0.6 is 0 Å². The maximum absolute atomic E-state index is 15.0. The zero-order valence-electron chi connectivity index (χ0n) is 24.2. The van der Waals surface area contributed by atoms with Crippen LogP contribution < -0.4 is 4.74 Å². The summed E-state index contributed by atoms with van der Waals surface area (Å²) in [4.78, 5) is 0.689. The van der Waals surface area contributed by atoms with Gasteiger partial charge in [0, 0.05) is 27.6 Å². The van der Waals surface area contributed by atoms with Gasteiger partial charge in [-0.15, -0.1) is 0 Å². The first-order valence-electron chi connectivity index (χ1n) is 14.8. The number of para-hydroxylation sites is 3. The molecule has 2 aliphatic heterocycles. The third-order valence-electron chi connectivity index (χ3n) is 9.31. The molecule has 1 aromatic heterocycles. The fourth-order valence-electron chi connectivity index (χ4n) is 7.80. The molecule has 1 spiro atoms. The minimum absolute atomic E-state index is 0.328. The standard InChI is InChI=1S/C39H27NO3S/c1-24-21-25(2)23-26(22-24)40-32-15-7-3-11-27(32)37-33(40)20-19-31-38(37)44(41,42)36-18-10-6-14-30(36)39(31)28-12-4-8-16-34(28)43-35-17-9-5-13-29(35)39/h3-23H,1-2H3. The zero-order chi connectivity index (χ0) is 29.8. The molecule has 2 aliphatic rings. The molecule has 3 heterocycles. The molecule has 0 bridgehead atoms. The number of fused-ring (bicyclic) bond motifs is 12. The molecule has 5 heteroatoms. The van der Waals surface area contributed by atoms with Crippen molar-refractivity contribution in [2.75, 3.05) is 0 Å². The van der Waals surface area contributed by atoms with E-state index in [0.29, 0.717) is 9.79 Å². The molecule has 0 saturated carbocycles. The Balaban J connectivity index is 1.53. The molecule has 9 rings (SSSR count). The minimum atomic E-state index is -3.94. The lowest BCUT2D eigenvalue weighted by atomic mass is 9.63. The van der Waals surface area contributed by atoms with Crippen molar-refractivity contribution in [3.63, 3.8) is 0 Å². The number of aryl methyl sites for hydroxylation is 2. The molecule has 4 nitrogen and oxygen atoms in total. The van der Waals surface area contributed by atoms with Crippen molar-refractivity contribution < 1.29 is 13.2 Å². The second-order valence-corrected chi connectivity index (χ2v) is 13.7. The topological polar surface area (TPSA) is 48.3 Å². The number of hydrogen-bond acceptors (Lipinski definition) is 3. The fraction of sp³-hybridized carbons (Fsp3) is 0.0769. The number of aromatic nitrogens is 1. The molecule has 0 amide bonds. The highest BCUT2D eigenvalue weighted by molar-refractivity contribution is 7.92. The summed E-state index contributed by atoms with van der Waals surface area (Å²) >= 11 is 0. The van der Waals surface area contributed by atoms with Crippen LogP contribution in [-0.2, 0) is 15.3 Å². The van der Waals surface area contributed by atoms with E-state index in [1.54, 1.807) is 6.07 Å². The second-order valence-electron chi connectivity index (χ2n) is 11.9. The van der Waals surface area contributed by atoms with Gasteiger partial charge in [0.15, 0.2) is 0 Å². The molecule has 44 heavy (non-hydrogen) atoms. The molecular weight excluding hydrogens is 563 g/mol. The number of ether oxygens (including phenoxy) is 1. The lowest BCUT2D eigenvalue weighted by Crippen LogP contribution is -2.39. The Hall–Kier alpha value is -5.13. The second kappa shape index (κ2) is 8.71. The van der Waals surface area contributed by atoms with E-state index in [2.05, 4.69) is 60.9 Å². The lowest BCUT2D eigenvalue weighted by molar-refractivity contribution is 0.430. The highest BCUT2D eigenvalue weighted by Gasteiger charge is 2.53. The molecule has 0 fully saturated rings. The van der Waals surface area contributed by atoms with Gasteiger partial charge in [-0.3, -0.25) is 0 Å². The minimum Gasteiger partial charge on any atom is -0.457 e. The highest BCUT2D eigenvalue weighted by atomic mass is 32.2. The predicted molar refractivity (Wildman–Crippen MR) is 174 cm³/mol. The smallest absolute Gasteiger partial charge is 0.207 e. The van der Waals surface area contributed by atoms with Gasteiger partial charge in [-0.1, -0.05) is 84.9 Å². The van der Waals surface area contributed by atoms with Crippen molar-refractivity contribution in [3.8, 4) is 17.2 Å². The van der Waals surface area contributed by atoms with Crippen molar-refractivity contribution in [2.45, 2.75) is 29.1 Å². The molecule has 0 radical (unpaired) electrons. The number of hydrogen-bond donors (Lipinski definition) is 0. The number of rotatable bonds is 1. The summed E-state index contributed by atoms with van der Waals surface area (Å²) < 4.78 is 38.7. The van der Waals surface area contributed by atoms with Crippen LogP contribution in [0.3, 0.4) is 0 Å². The van der Waals surface area contributed by atoms with Crippen molar-refractivity contribution in [1.82, 2.24) is 4.57 Å². The van der Waals surface area contributed by atoms with Crippen molar-refractivity contribution in [3.05, 3.63) is 161 Å². The number of sulfone groups is 1. The number of benzene rings is 6.